The van der Waals surface area contributed by atoms with Crippen LogP contribution >= 0.6 is 0 Å². The third kappa shape index (κ3) is 1.56. The first-order valence-electron chi connectivity index (χ1n) is 4.96. The van der Waals surface area contributed by atoms with Crippen LogP contribution in [-0.4, -0.2) is 35.9 Å². The van der Waals surface area contributed by atoms with E-state index in [2.05, 4.69) is 0 Å². The molecule has 0 fully saturated rings. The Balaban J connectivity index is 2.81. The number of carbonyl (C=O) groups excluding carboxylic acids is 2. The smallest absolute Gasteiger partial charge is 0.190 e. The Bertz CT molecular complexity index is 558. The van der Waals surface area contributed by atoms with Crippen LogP contribution in [0.2, 0.25) is 0 Å². The molecule has 88 valence electrons. The van der Waals surface area contributed by atoms with Gasteiger partial charge in [-0.05, 0) is 12.2 Å². The van der Waals surface area contributed by atoms with E-state index in [0.29, 0.717) is 0 Å². The number of aromatic hydroxyl groups is 2. The molecule has 17 heavy (non-hydrogen) atoms. The first-order valence-corrected chi connectivity index (χ1v) is 4.96. The van der Waals surface area contributed by atoms with Gasteiger partial charge in [-0.3, -0.25) is 9.59 Å². The van der Waals surface area contributed by atoms with Crippen LogP contribution in [0.4, 0.5) is 5.69 Å². The maximum Gasteiger partial charge on any atom is 0.190 e. The number of fused-ring (bicyclic) bond motifs is 1. The molecule has 0 bridgehead atoms. The Labute approximate surface area is 97.6 Å². The van der Waals surface area contributed by atoms with Gasteiger partial charge in [0, 0.05) is 20.2 Å². The SMILES string of the molecule is CN(C)c1cc(O)c2c(c1O)C(=O)C=CC2=O. The van der Waals surface area contributed by atoms with E-state index in [1.165, 1.54) is 6.07 Å². The highest BCUT2D eigenvalue weighted by Gasteiger charge is 2.28. The Morgan fingerprint density at radius 2 is 1.53 bits per heavy atom. The zero-order valence-corrected chi connectivity index (χ0v) is 9.39. The summed E-state index contributed by atoms with van der Waals surface area (Å²) in [5.74, 6) is -1.57. The third-order valence-corrected chi connectivity index (χ3v) is 2.62. The second kappa shape index (κ2) is 3.62. The normalized spacial score (nSPS) is 13.8. The molecule has 0 saturated heterocycles. The fourth-order valence-electron chi connectivity index (χ4n) is 1.79. The van der Waals surface area contributed by atoms with Crippen LogP contribution in [-0.2, 0) is 0 Å². The fraction of sp³-hybridized carbons (Fsp3) is 0.167. The highest BCUT2D eigenvalue weighted by molar-refractivity contribution is 6.25. The molecule has 0 aromatic heterocycles. The van der Waals surface area contributed by atoms with Crippen molar-refractivity contribution in [2.24, 2.45) is 0 Å². The van der Waals surface area contributed by atoms with Gasteiger partial charge in [-0.25, -0.2) is 0 Å². The molecule has 2 N–H and O–H groups in total. The number of hydrogen-bond donors (Lipinski definition) is 2. The van der Waals surface area contributed by atoms with E-state index in [1.54, 1.807) is 19.0 Å². The number of nitrogens with zero attached hydrogens (tertiary/aromatic N) is 1. The van der Waals surface area contributed by atoms with Gasteiger partial charge in [0.15, 0.2) is 17.3 Å². The summed E-state index contributed by atoms with van der Waals surface area (Å²) in [4.78, 5) is 24.8. The lowest BCUT2D eigenvalue weighted by atomic mass is 9.92. The van der Waals surface area contributed by atoms with Crippen molar-refractivity contribution in [3.05, 3.63) is 29.3 Å². The van der Waals surface area contributed by atoms with Crippen LogP contribution in [0.15, 0.2) is 18.2 Å². The summed E-state index contributed by atoms with van der Waals surface area (Å²) in [6, 6.07) is 1.26. The monoisotopic (exact) mass is 233 g/mol. The van der Waals surface area contributed by atoms with Crippen LogP contribution in [0.1, 0.15) is 20.7 Å². The second-order valence-electron chi connectivity index (χ2n) is 3.97. The lowest BCUT2D eigenvalue weighted by molar-refractivity contribution is 0.0989. The standard InChI is InChI=1S/C12H11NO4/c1-13(2)6-5-9(16)10-7(14)3-4-8(15)11(10)12(6)17/h3-5,16-17H,1-2H3. The van der Waals surface area contributed by atoms with Crippen molar-refractivity contribution in [1.29, 1.82) is 0 Å². The Morgan fingerprint density at radius 1 is 1.00 bits per heavy atom. The molecule has 0 atom stereocenters. The average Bonchev–Trinajstić information content (AvgIpc) is 2.26. The van der Waals surface area contributed by atoms with Crippen molar-refractivity contribution >= 4 is 17.3 Å². The molecule has 0 heterocycles. The van der Waals surface area contributed by atoms with Gasteiger partial charge < -0.3 is 15.1 Å². The first kappa shape index (κ1) is 11.2. The van der Waals surface area contributed by atoms with Gasteiger partial charge in [-0.15, -0.1) is 0 Å². The van der Waals surface area contributed by atoms with Crippen molar-refractivity contribution < 1.29 is 19.8 Å². The Kier molecular flexibility index (Phi) is 2.38. The number of phenols is 2. The van der Waals surface area contributed by atoms with Crippen LogP contribution in [0.5, 0.6) is 11.5 Å². The topological polar surface area (TPSA) is 77.8 Å². The van der Waals surface area contributed by atoms with Crippen LogP contribution in [0.3, 0.4) is 0 Å². The van der Waals surface area contributed by atoms with Crippen molar-refractivity contribution in [3.63, 3.8) is 0 Å². The molecule has 0 spiro atoms. The van der Waals surface area contributed by atoms with Crippen molar-refractivity contribution in [1.82, 2.24) is 0 Å². The van der Waals surface area contributed by atoms with Gasteiger partial charge in [-0.2, -0.15) is 0 Å². The molecule has 0 saturated carbocycles. The molecule has 5 heteroatoms. The van der Waals surface area contributed by atoms with Gasteiger partial charge in [-0.1, -0.05) is 0 Å². The summed E-state index contributed by atoms with van der Waals surface area (Å²) < 4.78 is 0. The highest BCUT2D eigenvalue weighted by atomic mass is 16.3. The van der Waals surface area contributed by atoms with Crippen LogP contribution in [0, 0.1) is 0 Å². The number of hydrogen-bond acceptors (Lipinski definition) is 5. The molecular formula is C12H11NO4. The van der Waals surface area contributed by atoms with Gasteiger partial charge >= 0.3 is 0 Å². The third-order valence-electron chi connectivity index (χ3n) is 2.62. The molecule has 5 nitrogen and oxygen atoms in total. The first-order chi connectivity index (χ1) is 7.93. The van der Waals surface area contributed by atoms with Gasteiger partial charge in [0.2, 0.25) is 0 Å². The summed E-state index contributed by atoms with van der Waals surface area (Å²) >= 11 is 0. The highest BCUT2D eigenvalue weighted by Crippen LogP contribution is 2.40. The lowest BCUT2D eigenvalue weighted by Crippen LogP contribution is -2.16. The maximum absolute atomic E-state index is 11.7. The number of allylic oxidation sites excluding steroid dienone is 2. The summed E-state index contributed by atoms with van der Waals surface area (Å²) in [5.41, 5.74) is 0.0134. The quantitative estimate of drug-likeness (QED) is 0.710. The van der Waals surface area contributed by atoms with E-state index in [1.807, 2.05) is 0 Å². The Morgan fingerprint density at radius 3 is 2.06 bits per heavy atom. The van der Waals surface area contributed by atoms with Gasteiger partial charge in [0.1, 0.15) is 5.75 Å². The van der Waals surface area contributed by atoms with E-state index < -0.39 is 11.6 Å². The molecule has 0 radical (unpaired) electrons. The van der Waals surface area contributed by atoms with Crippen molar-refractivity contribution in [2.45, 2.75) is 0 Å². The summed E-state index contributed by atoms with van der Waals surface area (Å²) in [6.45, 7) is 0. The van der Waals surface area contributed by atoms with Crippen molar-refractivity contribution in [2.75, 3.05) is 19.0 Å². The number of ketones is 2. The summed E-state index contributed by atoms with van der Waals surface area (Å²) in [5, 5.41) is 19.7. The number of benzene rings is 1. The number of carbonyl (C=O) groups is 2. The molecule has 1 aromatic rings. The van der Waals surface area contributed by atoms with Gasteiger partial charge in [0.05, 0.1) is 16.8 Å². The molecule has 2 rings (SSSR count). The zero-order chi connectivity index (χ0) is 12.7. The molecule has 0 amide bonds. The fourth-order valence-corrected chi connectivity index (χ4v) is 1.79. The van der Waals surface area contributed by atoms with E-state index in [0.717, 1.165) is 12.2 Å². The number of phenolic OH excluding ortho intramolecular Hbond substituents is 2. The summed E-state index contributed by atoms with van der Waals surface area (Å²) in [6.07, 6.45) is 2.17. The van der Waals surface area contributed by atoms with E-state index >= 15 is 0 Å². The molecular weight excluding hydrogens is 222 g/mol. The zero-order valence-electron chi connectivity index (χ0n) is 9.39. The molecule has 0 unspecified atom stereocenters. The second-order valence-corrected chi connectivity index (χ2v) is 3.97. The van der Waals surface area contributed by atoms with E-state index in [9.17, 15) is 19.8 Å². The minimum Gasteiger partial charge on any atom is -0.507 e. The molecule has 1 aliphatic carbocycles. The summed E-state index contributed by atoms with van der Waals surface area (Å²) in [7, 11) is 3.32. The largest absolute Gasteiger partial charge is 0.507 e. The molecule has 0 aliphatic heterocycles. The average molecular weight is 233 g/mol. The predicted octanol–water partition coefficient (Wildman–Crippen LogP) is 1.10. The maximum atomic E-state index is 11.7. The minimum absolute atomic E-state index is 0.138. The molecule has 1 aliphatic rings. The lowest BCUT2D eigenvalue weighted by Gasteiger charge is -2.20. The minimum atomic E-state index is -0.490. The molecule has 1 aromatic carbocycles. The van der Waals surface area contributed by atoms with Crippen LogP contribution < -0.4 is 4.90 Å². The predicted molar refractivity (Wildman–Crippen MR) is 61.9 cm³/mol. The number of rotatable bonds is 1. The number of anilines is 1. The van der Waals surface area contributed by atoms with E-state index in [-0.39, 0.29) is 28.3 Å². The van der Waals surface area contributed by atoms with Gasteiger partial charge in [0.25, 0.3) is 0 Å². The van der Waals surface area contributed by atoms with Crippen LogP contribution in [0.25, 0.3) is 0 Å². The Hall–Kier alpha value is -2.30. The van der Waals surface area contributed by atoms with Crippen molar-refractivity contribution in [3.8, 4) is 11.5 Å². The van der Waals surface area contributed by atoms with E-state index in [4.69, 9.17) is 0 Å².